The topological polar surface area (TPSA) is 51.7 Å². The molecule has 1 aromatic heterocycles. The Morgan fingerprint density at radius 3 is 2.53 bits per heavy atom. The SMILES string of the molecule is CC(OC1CC2(C1)O[C@@H]1CC[C@@H](c3cc(F)cc(F)c3)N1C2=O)c1ccc(F)cn1. The molecule has 2 aliphatic heterocycles. The summed E-state index contributed by atoms with van der Waals surface area (Å²) in [5, 5.41) is 0. The predicted octanol–water partition coefficient (Wildman–Crippen LogP) is 4.20. The number of pyridine rings is 1. The first-order valence-corrected chi connectivity index (χ1v) is 10.1. The molecular weight excluding hydrogens is 397 g/mol. The van der Waals surface area contributed by atoms with E-state index in [-0.39, 0.29) is 24.3 Å². The number of hydrogen-bond donors (Lipinski definition) is 0. The number of benzene rings is 1. The van der Waals surface area contributed by atoms with E-state index >= 15 is 0 Å². The summed E-state index contributed by atoms with van der Waals surface area (Å²) in [7, 11) is 0. The van der Waals surface area contributed by atoms with Crippen LogP contribution < -0.4 is 0 Å². The molecule has 2 saturated heterocycles. The molecule has 8 heteroatoms. The molecule has 3 fully saturated rings. The number of fused-ring (bicyclic) bond motifs is 1. The fourth-order valence-electron chi connectivity index (χ4n) is 4.84. The van der Waals surface area contributed by atoms with Gasteiger partial charge < -0.3 is 14.4 Å². The van der Waals surface area contributed by atoms with Gasteiger partial charge >= 0.3 is 0 Å². The van der Waals surface area contributed by atoms with Gasteiger partial charge in [0, 0.05) is 18.9 Å². The fraction of sp³-hybridized carbons (Fsp3) is 0.455. The van der Waals surface area contributed by atoms with E-state index in [0.29, 0.717) is 36.9 Å². The Morgan fingerprint density at radius 2 is 1.87 bits per heavy atom. The quantitative estimate of drug-likeness (QED) is 0.747. The Morgan fingerprint density at radius 1 is 1.13 bits per heavy atom. The zero-order chi connectivity index (χ0) is 21.0. The molecule has 1 amide bonds. The van der Waals surface area contributed by atoms with E-state index in [9.17, 15) is 18.0 Å². The maximum atomic E-state index is 13.7. The molecule has 5 nitrogen and oxygen atoms in total. The Balaban J connectivity index is 1.26. The summed E-state index contributed by atoms with van der Waals surface area (Å²) in [6, 6.07) is 5.89. The maximum Gasteiger partial charge on any atom is 0.257 e. The Hall–Kier alpha value is -2.45. The van der Waals surface area contributed by atoms with Crippen LogP contribution in [0.4, 0.5) is 13.2 Å². The average Bonchev–Trinajstić information content (AvgIpc) is 3.19. The van der Waals surface area contributed by atoms with Crippen molar-refractivity contribution in [3.8, 4) is 0 Å². The molecule has 5 rings (SSSR count). The molecule has 1 aromatic carbocycles. The maximum absolute atomic E-state index is 13.7. The first-order valence-electron chi connectivity index (χ1n) is 10.1. The van der Waals surface area contributed by atoms with Crippen LogP contribution in [-0.2, 0) is 14.3 Å². The third-order valence-corrected chi connectivity index (χ3v) is 6.27. The number of hydrogen-bond acceptors (Lipinski definition) is 4. The van der Waals surface area contributed by atoms with Crippen LogP contribution in [0.3, 0.4) is 0 Å². The van der Waals surface area contributed by atoms with Gasteiger partial charge in [-0.2, -0.15) is 0 Å². The van der Waals surface area contributed by atoms with E-state index in [1.807, 2.05) is 6.92 Å². The molecule has 158 valence electrons. The number of rotatable bonds is 4. The van der Waals surface area contributed by atoms with E-state index in [0.717, 1.165) is 12.3 Å². The van der Waals surface area contributed by atoms with Gasteiger partial charge in [0.05, 0.1) is 30.1 Å². The predicted molar refractivity (Wildman–Crippen MR) is 99.5 cm³/mol. The van der Waals surface area contributed by atoms with Gasteiger partial charge in [-0.1, -0.05) is 0 Å². The molecular formula is C22H21F3N2O3. The van der Waals surface area contributed by atoms with Gasteiger partial charge in [-0.05, 0) is 49.6 Å². The Labute approximate surface area is 171 Å². The number of carbonyl (C=O) groups excluding carboxylic acids is 1. The smallest absolute Gasteiger partial charge is 0.257 e. The van der Waals surface area contributed by atoms with Crippen molar-refractivity contribution in [3.63, 3.8) is 0 Å². The van der Waals surface area contributed by atoms with Crippen molar-refractivity contribution < 1.29 is 27.4 Å². The van der Waals surface area contributed by atoms with Crippen LogP contribution in [0.2, 0.25) is 0 Å². The first-order chi connectivity index (χ1) is 14.3. The van der Waals surface area contributed by atoms with Crippen molar-refractivity contribution >= 4 is 5.91 Å². The lowest BCUT2D eigenvalue weighted by atomic mass is 9.76. The molecule has 3 atom stereocenters. The highest BCUT2D eigenvalue weighted by Gasteiger charge is 2.63. The monoisotopic (exact) mass is 418 g/mol. The lowest BCUT2D eigenvalue weighted by molar-refractivity contribution is -0.184. The molecule has 0 bridgehead atoms. The van der Waals surface area contributed by atoms with Crippen LogP contribution in [0.15, 0.2) is 36.5 Å². The summed E-state index contributed by atoms with van der Waals surface area (Å²) in [4.78, 5) is 18.9. The normalized spacial score (nSPS) is 31.1. The molecule has 1 spiro atoms. The minimum absolute atomic E-state index is 0.146. The van der Waals surface area contributed by atoms with Crippen molar-refractivity contribution in [1.82, 2.24) is 9.88 Å². The minimum atomic E-state index is -0.935. The highest BCUT2D eigenvalue weighted by molar-refractivity contribution is 5.89. The molecule has 1 unspecified atom stereocenters. The number of nitrogens with zero attached hydrogens (tertiary/aromatic N) is 2. The number of halogens is 3. The molecule has 30 heavy (non-hydrogen) atoms. The summed E-state index contributed by atoms with van der Waals surface area (Å²) < 4.78 is 52.5. The zero-order valence-corrected chi connectivity index (χ0v) is 16.4. The molecule has 0 radical (unpaired) electrons. The van der Waals surface area contributed by atoms with Crippen molar-refractivity contribution in [3.05, 3.63) is 65.2 Å². The molecule has 0 N–H and O–H groups in total. The van der Waals surface area contributed by atoms with Crippen LogP contribution in [0.5, 0.6) is 0 Å². The summed E-state index contributed by atoms with van der Waals surface area (Å²) in [5.74, 6) is -1.87. The van der Waals surface area contributed by atoms with E-state index in [2.05, 4.69) is 4.98 Å². The van der Waals surface area contributed by atoms with Crippen LogP contribution in [-0.4, -0.2) is 33.7 Å². The third-order valence-electron chi connectivity index (χ3n) is 6.27. The van der Waals surface area contributed by atoms with Crippen LogP contribution in [0.25, 0.3) is 0 Å². The Bertz CT molecular complexity index is 958. The number of carbonyl (C=O) groups is 1. The number of amides is 1. The van der Waals surface area contributed by atoms with Crippen molar-refractivity contribution in [2.24, 2.45) is 0 Å². The second kappa shape index (κ2) is 7.06. The van der Waals surface area contributed by atoms with E-state index in [1.165, 1.54) is 18.2 Å². The molecule has 3 aliphatic rings. The van der Waals surface area contributed by atoms with Gasteiger partial charge in [0.2, 0.25) is 0 Å². The van der Waals surface area contributed by atoms with E-state index in [1.54, 1.807) is 11.0 Å². The second-order valence-electron chi connectivity index (χ2n) is 8.28. The van der Waals surface area contributed by atoms with E-state index < -0.39 is 29.1 Å². The van der Waals surface area contributed by atoms with Crippen molar-refractivity contribution in [2.75, 3.05) is 0 Å². The molecule has 1 saturated carbocycles. The van der Waals surface area contributed by atoms with Gasteiger partial charge in [-0.3, -0.25) is 9.78 Å². The lowest BCUT2D eigenvalue weighted by Gasteiger charge is -2.43. The van der Waals surface area contributed by atoms with Gasteiger partial charge in [0.25, 0.3) is 5.91 Å². The zero-order valence-electron chi connectivity index (χ0n) is 16.4. The van der Waals surface area contributed by atoms with Gasteiger partial charge in [-0.15, -0.1) is 0 Å². The standard InChI is InChI=1S/C22H21F3N2O3/c1-12(18-3-2-14(23)11-26-18)29-17-9-22(10-17)21(28)27-19(4-5-20(27)30-22)13-6-15(24)8-16(25)7-13/h2-3,6-8,11-12,17,19-20H,4-5,9-10H2,1H3/t12?,17?,19-,20+,22?/m0/s1. The highest BCUT2D eigenvalue weighted by atomic mass is 19.1. The fourth-order valence-corrected chi connectivity index (χ4v) is 4.84. The van der Waals surface area contributed by atoms with Crippen LogP contribution in [0.1, 0.15) is 56.0 Å². The molecule has 2 aromatic rings. The lowest BCUT2D eigenvalue weighted by Crippen LogP contribution is -2.55. The number of aromatic nitrogens is 1. The summed E-state index contributed by atoms with van der Waals surface area (Å²) >= 11 is 0. The van der Waals surface area contributed by atoms with Gasteiger partial charge in [0.15, 0.2) is 5.60 Å². The van der Waals surface area contributed by atoms with E-state index in [4.69, 9.17) is 9.47 Å². The van der Waals surface area contributed by atoms with Crippen molar-refractivity contribution in [1.29, 1.82) is 0 Å². The minimum Gasteiger partial charge on any atom is -0.369 e. The average molecular weight is 418 g/mol. The summed E-state index contributed by atoms with van der Waals surface area (Å²) in [5.41, 5.74) is 0.132. The van der Waals surface area contributed by atoms with Gasteiger partial charge in [-0.25, -0.2) is 13.2 Å². The largest absolute Gasteiger partial charge is 0.369 e. The van der Waals surface area contributed by atoms with Crippen LogP contribution >= 0.6 is 0 Å². The third kappa shape index (κ3) is 3.18. The summed E-state index contributed by atoms with van der Waals surface area (Å²) in [6.45, 7) is 1.83. The van der Waals surface area contributed by atoms with Crippen LogP contribution in [0, 0.1) is 17.5 Å². The Kier molecular flexibility index (Phi) is 4.59. The molecule has 1 aliphatic carbocycles. The highest BCUT2D eigenvalue weighted by Crippen LogP contribution is 2.52. The molecule has 3 heterocycles. The summed E-state index contributed by atoms with van der Waals surface area (Å²) in [6.07, 6.45) is 2.29. The second-order valence-corrected chi connectivity index (χ2v) is 8.28. The van der Waals surface area contributed by atoms with Gasteiger partial charge in [0.1, 0.15) is 23.7 Å². The first kappa shape index (κ1) is 19.5. The number of ether oxygens (including phenoxy) is 2. The van der Waals surface area contributed by atoms with Crippen molar-refractivity contribution in [2.45, 2.75) is 62.7 Å².